The molecule has 0 spiro atoms. The first-order chi connectivity index (χ1) is 8.21. The van der Waals surface area contributed by atoms with Gasteiger partial charge in [0, 0.05) is 0 Å². The van der Waals surface area contributed by atoms with Gasteiger partial charge in [0.1, 0.15) is 0 Å². The Bertz CT molecular complexity index is 269. The minimum atomic E-state index is 0.521. The predicted octanol–water partition coefficient (Wildman–Crippen LogP) is 4.58. The second kappa shape index (κ2) is 10.4. The molecule has 0 heterocycles. The number of unbranched alkanes of at least 4 members (excludes halogenated alkanes) is 1. The minimum absolute atomic E-state index is 0.521. The van der Waals surface area contributed by atoms with E-state index in [0.29, 0.717) is 6.71 Å². The number of rotatable bonds is 10. The van der Waals surface area contributed by atoms with Crippen molar-refractivity contribution in [3.05, 3.63) is 48.6 Å². The summed E-state index contributed by atoms with van der Waals surface area (Å²) >= 11 is 0. The highest BCUT2D eigenvalue weighted by molar-refractivity contribution is 6.68. The zero-order valence-corrected chi connectivity index (χ0v) is 12.2. The fourth-order valence-electron chi connectivity index (χ4n) is 1.99. The van der Waals surface area contributed by atoms with Crippen LogP contribution in [0.4, 0.5) is 0 Å². The van der Waals surface area contributed by atoms with Gasteiger partial charge in [-0.2, -0.15) is 0 Å². The molecule has 0 saturated carbocycles. The summed E-state index contributed by atoms with van der Waals surface area (Å²) in [5.74, 6) is 0. The highest BCUT2D eigenvalue weighted by Gasteiger charge is 2.16. The van der Waals surface area contributed by atoms with Gasteiger partial charge in [0.2, 0.25) is 0 Å². The maximum Gasteiger partial charge on any atom is 0.177 e. The average Bonchev–Trinajstić information content (AvgIpc) is 2.33. The Kier molecular flexibility index (Phi) is 9.94. The van der Waals surface area contributed by atoms with Crippen LogP contribution in [0.5, 0.6) is 0 Å². The molecule has 0 N–H and O–H groups in total. The molecule has 0 rings (SSSR count). The second-order valence-corrected chi connectivity index (χ2v) is 4.95. The normalized spacial score (nSPS) is 11.6. The molecular formula is C15H24BSi. The smallest absolute Gasteiger partial charge is 0.104 e. The largest absolute Gasteiger partial charge is 0.177 e. The standard InChI is InChI=1S/C15H24BSi/c1-5-9-11-15(17)14(10-6-2)16(12-7-3)13-8-4/h6-8H,2-5,9-13H2,1H3. The van der Waals surface area contributed by atoms with Crippen LogP contribution in [0, 0.1) is 0 Å². The van der Waals surface area contributed by atoms with Crippen LogP contribution in [0.2, 0.25) is 12.6 Å². The summed E-state index contributed by atoms with van der Waals surface area (Å²) in [7, 11) is 3.81. The Balaban J connectivity index is 4.90. The summed E-state index contributed by atoms with van der Waals surface area (Å²) in [5.41, 5.74) is 1.46. The van der Waals surface area contributed by atoms with Gasteiger partial charge in [-0.05, 0) is 12.8 Å². The maximum absolute atomic E-state index is 3.86. The minimum Gasteiger partial charge on any atom is -0.104 e. The first-order valence-electron chi connectivity index (χ1n) is 6.47. The molecule has 0 amide bonds. The molecule has 0 atom stereocenters. The van der Waals surface area contributed by atoms with Crippen LogP contribution in [0.1, 0.15) is 32.6 Å². The van der Waals surface area contributed by atoms with Crippen molar-refractivity contribution in [3.8, 4) is 0 Å². The van der Waals surface area contributed by atoms with Gasteiger partial charge in [-0.3, -0.25) is 0 Å². The fourth-order valence-corrected chi connectivity index (χ4v) is 2.47. The van der Waals surface area contributed by atoms with Crippen LogP contribution in [0.15, 0.2) is 48.6 Å². The lowest BCUT2D eigenvalue weighted by Crippen LogP contribution is -2.17. The molecule has 0 aliphatic carbocycles. The van der Waals surface area contributed by atoms with Crippen molar-refractivity contribution < 1.29 is 0 Å². The second-order valence-electron chi connectivity index (χ2n) is 4.35. The third-order valence-corrected chi connectivity index (χ3v) is 3.50. The highest BCUT2D eigenvalue weighted by Crippen LogP contribution is 2.21. The van der Waals surface area contributed by atoms with Crippen LogP contribution in [-0.4, -0.2) is 17.0 Å². The number of hydrogen-bond acceptors (Lipinski definition) is 0. The lowest BCUT2D eigenvalue weighted by molar-refractivity contribution is 0.803. The average molecular weight is 243 g/mol. The topological polar surface area (TPSA) is 0 Å². The molecule has 0 unspecified atom stereocenters. The fraction of sp³-hybridized carbons (Fsp3) is 0.467. The van der Waals surface area contributed by atoms with Crippen molar-refractivity contribution in [1.29, 1.82) is 0 Å². The predicted molar refractivity (Wildman–Crippen MR) is 82.9 cm³/mol. The summed E-state index contributed by atoms with van der Waals surface area (Å²) in [4.78, 5) is 0. The third-order valence-electron chi connectivity index (χ3n) is 2.93. The lowest BCUT2D eigenvalue weighted by Gasteiger charge is -2.17. The molecular weight excluding hydrogens is 219 g/mol. The molecule has 0 fully saturated rings. The number of allylic oxidation sites excluding steroid dienone is 5. The zero-order chi connectivity index (χ0) is 13.1. The van der Waals surface area contributed by atoms with Crippen LogP contribution in [0.25, 0.3) is 0 Å². The van der Waals surface area contributed by atoms with E-state index in [-0.39, 0.29) is 0 Å². The van der Waals surface area contributed by atoms with Gasteiger partial charge < -0.3 is 0 Å². The van der Waals surface area contributed by atoms with Crippen LogP contribution in [0.3, 0.4) is 0 Å². The van der Waals surface area contributed by atoms with Crippen molar-refractivity contribution in [2.75, 3.05) is 0 Å². The SMILES string of the molecule is C=CCB(CC=C)C(CC=C)=C([Si])CCCC. The van der Waals surface area contributed by atoms with Crippen LogP contribution >= 0.6 is 0 Å². The monoisotopic (exact) mass is 243 g/mol. The lowest BCUT2D eigenvalue weighted by atomic mass is 9.39. The summed E-state index contributed by atoms with van der Waals surface area (Å²) in [6.45, 7) is 14.3. The third kappa shape index (κ3) is 6.52. The molecule has 0 saturated heterocycles. The molecule has 91 valence electrons. The zero-order valence-electron chi connectivity index (χ0n) is 11.2. The molecule has 0 aliphatic rings. The van der Waals surface area contributed by atoms with E-state index in [1.807, 2.05) is 18.2 Å². The van der Waals surface area contributed by atoms with Crippen molar-refractivity contribution in [3.63, 3.8) is 0 Å². The van der Waals surface area contributed by atoms with E-state index in [1.165, 1.54) is 23.5 Å². The van der Waals surface area contributed by atoms with E-state index >= 15 is 0 Å². The Labute approximate surface area is 111 Å². The van der Waals surface area contributed by atoms with Gasteiger partial charge in [0.15, 0.2) is 6.71 Å². The van der Waals surface area contributed by atoms with Crippen molar-refractivity contribution in [2.45, 2.75) is 45.2 Å². The number of hydrogen-bond donors (Lipinski definition) is 0. The van der Waals surface area contributed by atoms with Gasteiger partial charge in [-0.25, -0.2) is 0 Å². The Hall–Kier alpha value is -0.758. The molecule has 0 aromatic carbocycles. The molecule has 2 heteroatoms. The van der Waals surface area contributed by atoms with Gasteiger partial charge >= 0.3 is 0 Å². The highest BCUT2D eigenvalue weighted by atomic mass is 28.1. The Morgan fingerprint density at radius 1 is 1.12 bits per heavy atom. The molecule has 0 nitrogen and oxygen atoms in total. The van der Waals surface area contributed by atoms with Gasteiger partial charge in [-0.15, -0.1) is 25.2 Å². The quantitative estimate of drug-likeness (QED) is 0.389. The van der Waals surface area contributed by atoms with Crippen molar-refractivity contribution in [2.24, 2.45) is 0 Å². The van der Waals surface area contributed by atoms with Crippen LogP contribution < -0.4 is 0 Å². The van der Waals surface area contributed by atoms with Crippen molar-refractivity contribution >= 4 is 17.0 Å². The first-order valence-corrected chi connectivity index (χ1v) is 6.97. The molecule has 0 aliphatic heterocycles. The summed E-state index contributed by atoms with van der Waals surface area (Å²) in [6.07, 6.45) is 12.5. The Morgan fingerprint density at radius 3 is 2.12 bits per heavy atom. The Morgan fingerprint density at radius 2 is 1.71 bits per heavy atom. The molecule has 0 bridgehead atoms. The van der Waals surface area contributed by atoms with E-state index in [0.717, 1.165) is 25.5 Å². The van der Waals surface area contributed by atoms with E-state index in [4.69, 9.17) is 0 Å². The van der Waals surface area contributed by atoms with Gasteiger partial charge in [-0.1, -0.05) is 55.8 Å². The van der Waals surface area contributed by atoms with Gasteiger partial charge in [0.05, 0.1) is 10.2 Å². The summed E-state index contributed by atoms with van der Waals surface area (Å²) < 4.78 is 0. The van der Waals surface area contributed by atoms with E-state index in [1.54, 1.807) is 0 Å². The first kappa shape index (κ1) is 16.2. The summed E-state index contributed by atoms with van der Waals surface area (Å²) in [5, 5.41) is 1.35. The molecule has 3 radical (unpaired) electrons. The molecule has 0 aromatic rings. The molecule has 17 heavy (non-hydrogen) atoms. The van der Waals surface area contributed by atoms with Crippen molar-refractivity contribution in [1.82, 2.24) is 0 Å². The van der Waals surface area contributed by atoms with E-state index < -0.39 is 0 Å². The van der Waals surface area contributed by atoms with E-state index in [9.17, 15) is 0 Å². The maximum atomic E-state index is 3.86. The molecule has 0 aromatic heterocycles. The van der Waals surface area contributed by atoms with Crippen LogP contribution in [-0.2, 0) is 0 Å². The van der Waals surface area contributed by atoms with Gasteiger partial charge in [0.25, 0.3) is 0 Å². The summed E-state index contributed by atoms with van der Waals surface area (Å²) in [6, 6.07) is 0. The van der Waals surface area contributed by atoms with E-state index in [2.05, 4.69) is 36.9 Å².